The van der Waals surface area contributed by atoms with Crippen LogP contribution in [-0.2, 0) is 17.6 Å². The van der Waals surface area contributed by atoms with E-state index in [1.807, 2.05) is 18.4 Å². The van der Waals surface area contributed by atoms with E-state index in [9.17, 15) is 0 Å². The molecule has 3 heteroatoms. The van der Waals surface area contributed by atoms with Crippen molar-refractivity contribution < 1.29 is 4.74 Å². The van der Waals surface area contributed by atoms with Crippen molar-refractivity contribution >= 4 is 11.3 Å². The lowest BCUT2D eigenvalue weighted by Gasteiger charge is -2.43. The van der Waals surface area contributed by atoms with E-state index in [0.29, 0.717) is 6.04 Å². The normalized spacial score (nSPS) is 19.1. The number of thiophene rings is 1. The first kappa shape index (κ1) is 15.0. The molecule has 1 atom stereocenters. The van der Waals surface area contributed by atoms with Gasteiger partial charge in [0.1, 0.15) is 0 Å². The molecule has 0 aliphatic heterocycles. The molecule has 0 radical (unpaired) electrons. The molecule has 1 N–H and O–H groups in total. The molecule has 0 amide bonds. The van der Waals surface area contributed by atoms with Gasteiger partial charge < -0.3 is 10.1 Å². The van der Waals surface area contributed by atoms with Crippen LogP contribution in [0, 0.1) is 0 Å². The lowest BCUT2D eigenvalue weighted by molar-refractivity contribution is -0.0832. The van der Waals surface area contributed by atoms with Crippen molar-refractivity contribution in [2.45, 2.75) is 64.0 Å². The molecule has 0 spiro atoms. The van der Waals surface area contributed by atoms with E-state index in [0.717, 1.165) is 25.8 Å². The van der Waals surface area contributed by atoms with Crippen LogP contribution in [0.25, 0.3) is 0 Å². The fraction of sp³-hybridized carbons (Fsp3) is 0.750. The van der Waals surface area contributed by atoms with Crippen molar-refractivity contribution in [3.05, 3.63) is 21.9 Å². The van der Waals surface area contributed by atoms with E-state index in [1.54, 1.807) is 0 Å². The third-order valence-electron chi connectivity index (χ3n) is 4.32. The van der Waals surface area contributed by atoms with Gasteiger partial charge >= 0.3 is 0 Å². The largest absolute Gasteiger partial charge is 0.378 e. The standard InChI is InChI=1S/C16H27NOS/c1-4-14-7-8-15(19-14)11-13(17-5-2)12-16(18-3)9-6-10-16/h7-8,13,17H,4-6,9-12H2,1-3H3. The van der Waals surface area contributed by atoms with Crippen molar-refractivity contribution in [3.8, 4) is 0 Å². The van der Waals surface area contributed by atoms with Crippen molar-refractivity contribution in [3.63, 3.8) is 0 Å². The number of aryl methyl sites for hydroxylation is 1. The van der Waals surface area contributed by atoms with Gasteiger partial charge in [0.2, 0.25) is 0 Å². The molecule has 0 aromatic carbocycles. The van der Waals surface area contributed by atoms with Gasteiger partial charge in [-0.1, -0.05) is 13.8 Å². The number of hydrogen-bond donors (Lipinski definition) is 1. The lowest BCUT2D eigenvalue weighted by atomic mass is 9.75. The molecule has 1 aromatic rings. The summed E-state index contributed by atoms with van der Waals surface area (Å²) < 4.78 is 5.78. The van der Waals surface area contributed by atoms with E-state index in [1.165, 1.54) is 29.0 Å². The SMILES string of the molecule is CCNC(Cc1ccc(CC)s1)CC1(OC)CCC1. The highest BCUT2D eigenvalue weighted by atomic mass is 32.1. The van der Waals surface area contributed by atoms with Crippen LogP contribution in [0.2, 0.25) is 0 Å². The fourth-order valence-corrected chi connectivity index (χ4v) is 4.02. The van der Waals surface area contributed by atoms with Crippen molar-refractivity contribution in [2.24, 2.45) is 0 Å². The molecule has 1 heterocycles. The van der Waals surface area contributed by atoms with Gasteiger partial charge in [0.15, 0.2) is 0 Å². The summed E-state index contributed by atoms with van der Waals surface area (Å²) in [5, 5.41) is 3.64. The molecular formula is C16H27NOS. The van der Waals surface area contributed by atoms with Crippen LogP contribution < -0.4 is 5.32 Å². The Morgan fingerprint density at radius 1 is 1.32 bits per heavy atom. The van der Waals surface area contributed by atoms with Crippen LogP contribution in [0.4, 0.5) is 0 Å². The molecule has 1 fully saturated rings. The number of hydrogen-bond acceptors (Lipinski definition) is 3. The second-order valence-corrected chi connectivity index (χ2v) is 6.88. The van der Waals surface area contributed by atoms with Gasteiger partial charge in [-0.3, -0.25) is 0 Å². The van der Waals surface area contributed by atoms with E-state index < -0.39 is 0 Å². The first-order valence-electron chi connectivity index (χ1n) is 7.57. The summed E-state index contributed by atoms with van der Waals surface area (Å²) in [6, 6.07) is 5.13. The van der Waals surface area contributed by atoms with Crippen LogP contribution in [0.1, 0.15) is 49.3 Å². The number of nitrogens with one attached hydrogen (secondary N) is 1. The van der Waals surface area contributed by atoms with E-state index in [2.05, 4.69) is 31.3 Å². The number of ether oxygens (including phenoxy) is 1. The maximum absolute atomic E-state index is 5.78. The molecule has 1 aliphatic rings. The molecule has 1 saturated carbocycles. The monoisotopic (exact) mass is 281 g/mol. The molecular weight excluding hydrogens is 254 g/mol. The Bertz CT molecular complexity index is 378. The summed E-state index contributed by atoms with van der Waals surface area (Å²) in [5.74, 6) is 0. The van der Waals surface area contributed by atoms with Crippen LogP contribution >= 0.6 is 11.3 Å². The van der Waals surface area contributed by atoms with Gasteiger partial charge in [-0.15, -0.1) is 11.3 Å². The molecule has 1 aromatic heterocycles. The minimum absolute atomic E-state index is 0.164. The minimum atomic E-state index is 0.164. The predicted molar refractivity (Wildman–Crippen MR) is 83.1 cm³/mol. The number of likely N-dealkylation sites (N-methyl/N-ethyl adjacent to an activating group) is 1. The van der Waals surface area contributed by atoms with E-state index >= 15 is 0 Å². The highest BCUT2D eigenvalue weighted by molar-refractivity contribution is 7.11. The first-order valence-corrected chi connectivity index (χ1v) is 8.39. The molecule has 2 rings (SSSR count). The highest BCUT2D eigenvalue weighted by Gasteiger charge is 2.38. The van der Waals surface area contributed by atoms with Gasteiger partial charge in [-0.05, 0) is 57.2 Å². The van der Waals surface area contributed by atoms with Crippen LogP contribution in [-0.4, -0.2) is 25.3 Å². The smallest absolute Gasteiger partial charge is 0.0693 e. The molecule has 0 bridgehead atoms. The van der Waals surface area contributed by atoms with Gasteiger partial charge in [0.05, 0.1) is 5.60 Å². The summed E-state index contributed by atoms with van der Waals surface area (Å²) in [6.07, 6.45) is 7.23. The third kappa shape index (κ3) is 3.80. The van der Waals surface area contributed by atoms with Crippen LogP contribution in [0.5, 0.6) is 0 Å². The molecule has 19 heavy (non-hydrogen) atoms. The van der Waals surface area contributed by atoms with Gasteiger partial charge in [0, 0.05) is 22.9 Å². The molecule has 0 saturated heterocycles. The summed E-state index contributed by atoms with van der Waals surface area (Å²) in [7, 11) is 1.88. The third-order valence-corrected chi connectivity index (χ3v) is 5.57. The maximum Gasteiger partial charge on any atom is 0.0693 e. The number of methoxy groups -OCH3 is 1. The predicted octanol–water partition coefficient (Wildman–Crippen LogP) is 3.79. The Morgan fingerprint density at radius 2 is 2.05 bits per heavy atom. The quantitative estimate of drug-likeness (QED) is 0.783. The second-order valence-electron chi connectivity index (χ2n) is 5.63. The highest BCUT2D eigenvalue weighted by Crippen LogP contribution is 2.39. The average molecular weight is 281 g/mol. The minimum Gasteiger partial charge on any atom is -0.378 e. The van der Waals surface area contributed by atoms with Crippen molar-refractivity contribution in [1.82, 2.24) is 5.32 Å². The van der Waals surface area contributed by atoms with Crippen molar-refractivity contribution in [2.75, 3.05) is 13.7 Å². The summed E-state index contributed by atoms with van der Waals surface area (Å²) in [5.41, 5.74) is 0.164. The van der Waals surface area contributed by atoms with Crippen LogP contribution in [0.3, 0.4) is 0 Å². The van der Waals surface area contributed by atoms with Gasteiger partial charge in [-0.25, -0.2) is 0 Å². The molecule has 108 valence electrons. The molecule has 1 unspecified atom stereocenters. The Labute approximate surface area is 121 Å². The summed E-state index contributed by atoms with van der Waals surface area (Å²) in [4.78, 5) is 3.00. The number of rotatable bonds is 8. The topological polar surface area (TPSA) is 21.3 Å². The molecule has 1 aliphatic carbocycles. The summed E-state index contributed by atoms with van der Waals surface area (Å²) >= 11 is 1.97. The first-order chi connectivity index (χ1) is 9.21. The zero-order valence-electron chi connectivity index (χ0n) is 12.5. The van der Waals surface area contributed by atoms with Crippen molar-refractivity contribution in [1.29, 1.82) is 0 Å². The second kappa shape index (κ2) is 6.87. The summed E-state index contributed by atoms with van der Waals surface area (Å²) in [6.45, 7) is 5.46. The van der Waals surface area contributed by atoms with Gasteiger partial charge in [0.25, 0.3) is 0 Å². The zero-order chi connectivity index (χ0) is 13.7. The van der Waals surface area contributed by atoms with E-state index in [4.69, 9.17) is 4.74 Å². The van der Waals surface area contributed by atoms with E-state index in [-0.39, 0.29) is 5.60 Å². The Kier molecular flexibility index (Phi) is 5.43. The fourth-order valence-electron chi connectivity index (χ4n) is 2.98. The van der Waals surface area contributed by atoms with Gasteiger partial charge in [-0.2, -0.15) is 0 Å². The lowest BCUT2D eigenvalue weighted by Crippen LogP contribution is -2.46. The zero-order valence-corrected chi connectivity index (χ0v) is 13.3. The molecule has 2 nitrogen and oxygen atoms in total. The maximum atomic E-state index is 5.78. The Morgan fingerprint density at radius 3 is 2.53 bits per heavy atom. The Hall–Kier alpha value is -0.380. The Balaban J connectivity index is 1.95. The van der Waals surface area contributed by atoms with Crippen LogP contribution in [0.15, 0.2) is 12.1 Å². The average Bonchev–Trinajstić information content (AvgIpc) is 2.81.